The molecule has 4 atom stereocenters. The second kappa shape index (κ2) is 17.0. The maximum atomic E-state index is 13.1. The second-order valence-electron chi connectivity index (χ2n) is 10.1. The molecule has 1 saturated heterocycles. The SMILES string of the molecule is CC.CC(O)C=C(O)CS(=O)Cc1ccc(C2CCN2c2ccc(F)cc2)cc1.CCC(C)c1ccc(C)cc1. The van der Waals surface area contributed by atoms with Gasteiger partial charge in [0.15, 0.2) is 0 Å². The van der Waals surface area contributed by atoms with E-state index in [9.17, 15) is 18.8 Å². The molecule has 4 nitrogen and oxygen atoms in total. The first-order valence-electron chi connectivity index (χ1n) is 14.3. The Morgan fingerprint density at radius 1 is 1.02 bits per heavy atom. The average molecular weight is 568 g/mol. The van der Waals surface area contributed by atoms with Gasteiger partial charge in [0.25, 0.3) is 0 Å². The van der Waals surface area contributed by atoms with Crippen molar-refractivity contribution >= 4 is 16.5 Å². The van der Waals surface area contributed by atoms with Crippen LogP contribution in [0.1, 0.15) is 81.7 Å². The minimum atomic E-state index is -1.24. The third-order valence-electron chi connectivity index (χ3n) is 6.87. The molecular formula is C34H46FNO3S. The molecule has 1 heterocycles. The van der Waals surface area contributed by atoms with E-state index in [1.54, 1.807) is 12.1 Å². The summed E-state index contributed by atoms with van der Waals surface area (Å²) in [7, 11) is -1.24. The number of aliphatic hydroxyl groups excluding tert-OH is 2. The van der Waals surface area contributed by atoms with Gasteiger partial charge in [0.05, 0.1) is 17.9 Å². The topological polar surface area (TPSA) is 60.8 Å². The molecule has 0 aliphatic carbocycles. The van der Waals surface area contributed by atoms with Crippen molar-refractivity contribution in [2.75, 3.05) is 17.2 Å². The average Bonchev–Trinajstić information content (AvgIpc) is 2.91. The van der Waals surface area contributed by atoms with Crippen LogP contribution < -0.4 is 4.90 Å². The fourth-order valence-corrected chi connectivity index (χ4v) is 5.46. The lowest BCUT2D eigenvalue weighted by Gasteiger charge is -2.43. The third kappa shape index (κ3) is 10.5. The lowest BCUT2D eigenvalue weighted by atomic mass is 9.93. The normalized spacial score (nSPS) is 16.9. The van der Waals surface area contributed by atoms with Gasteiger partial charge in [-0.2, -0.15) is 0 Å². The summed E-state index contributed by atoms with van der Waals surface area (Å²) in [6.07, 6.45) is 2.80. The zero-order chi connectivity index (χ0) is 29.7. The van der Waals surface area contributed by atoms with Gasteiger partial charge in [-0.3, -0.25) is 4.21 Å². The molecule has 3 aromatic carbocycles. The first-order valence-corrected chi connectivity index (χ1v) is 15.7. The monoisotopic (exact) mass is 567 g/mol. The van der Waals surface area contributed by atoms with Crippen molar-refractivity contribution in [1.29, 1.82) is 0 Å². The van der Waals surface area contributed by atoms with E-state index in [0.717, 1.165) is 24.2 Å². The molecule has 0 spiro atoms. The van der Waals surface area contributed by atoms with E-state index in [1.165, 1.54) is 48.2 Å². The van der Waals surface area contributed by atoms with E-state index >= 15 is 0 Å². The summed E-state index contributed by atoms with van der Waals surface area (Å²) in [4.78, 5) is 2.24. The quantitative estimate of drug-likeness (QED) is 0.255. The highest BCUT2D eigenvalue weighted by Gasteiger charge is 2.29. The van der Waals surface area contributed by atoms with Gasteiger partial charge < -0.3 is 15.1 Å². The van der Waals surface area contributed by atoms with Crippen molar-refractivity contribution in [1.82, 2.24) is 0 Å². The molecule has 4 unspecified atom stereocenters. The summed E-state index contributed by atoms with van der Waals surface area (Å²) in [5.41, 5.74) is 5.93. The van der Waals surface area contributed by atoms with Gasteiger partial charge >= 0.3 is 0 Å². The molecule has 0 radical (unpaired) electrons. The summed E-state index contributed by atoms with van der Waals surface area (Å²) in [6.45, 7) is 13.1. The van der Waals surface area contributed by atoms with E-state index in [4.69, 9.17) is 0 Å². The minimum Gasteiger partial charge on any atom is -0.512 e. The van der Waals surface area contributed by atoms with Crippen molar-refractivity contribution in [3.63, 3.8) is 0 Å². The van der Waals surface area contributed by atoms with E-state index in [0.29, 0.717) is 11.7 Å². The van der Waals surface area contributed by atoms with Gasteiger partial charge in [0.1, 0.15) is 11.6 Å². The van der Waals surface area contributed by atoms with Crippen molar-refractivity contribution in [3.05, 3.63) is 113 Å². The molecule has 1 aliphatic rings. The fraction of sp³-hybridized carbons (Fsp3) is 0.412. The van der Waals surface area contributed by atoms with Crippen LogP contribution in [0.2, 0.25) is 0 Å². The van der Waals surface area contributed by atoms with Crippen LogP contribution in [0.25, 0.3) is 0 Å². The van der Waals surface area contributed by atoms with Crippen LogP contribution in [0, 0.1) is 12.7 Å². The van der Waals surface area contributed by atoms with E-state index in [1.807, 2.05) is 38.1 Å². The predicted octanol–water partition coefficient (Wildman–Crippen LogP) is 8.38. The third-order valence-corrected chi connectivity index (χ3v) is 8.14. The summed E-state index contributed by atoms with van der Waals surface area (Å²) >= 11 is 0. The Morgan fingerprint density at radius 2 is 1.62 bits per heavy atom. The van der Waals surface area contributed by atoms with Crippen molar-refractivity contribution in [2.45, 2.75) is 78.2 Å². The Labute approximate surface area is 243 Å². The maximum Gasteiger partial charge on any atom is 0.123 e. The van der Waals surface area contributed by atoms with Gasteiger partial charge in [-0.05, 0) is 79.6 Å². The number of rotatable bonds is 9. The number of anilines is 1. The van der Waals surface area contributed by atoms with Crippen LogP contribution in [0.4, 0.5) is 10.1 Å². The van der Waals surface area contributed by atoms with Crippen molar-refractivity contribution < 1.29 is 18.8 Å². The fourth-order valence-electron chi connectivity index (χ4n) is 4.37. The van der Waals surface area contributed by atoms with Gasteiger partial charge in [-0.25, -0.2) is 4.39 Å². The van der Waals surface area contributed by atoms with Gasteiger partial charge in [0, 0.05) is 28.8 Å². The highest BCUT2D eigenvalue weighted by molar-refractivity contribution is 7.84. The molecule has 6 heteroatoms. The Balaban J connectivity index is 0.000000360. The number of halogens is 1. The predicted molar refractivity (Wildman–Crippen MR) is 168 cm³/mol. The molecule has 0 aromatic heterocycles. The summed E-state index contributed by atoms with van der Waals surface area (Å²) in [5.74, 6) is 0.806. The summed E-state index contributed by atoms with van der Waals surface area (Å²) in [5, 5.41) is 18.9. The molecule has 2 N–H and O–H groups in total. The van der Waals surface area contributed by atoms with Crippen LogP contribution in [0.5, 0.6) is 0 Å². The smallest absolute Gasteiger partial charge is 0.123 e. The van der Waals surface area contributed by atoms with Crippen LogP contribution in [0.15, 0.2) is 84.6 Å². The number of hydrogen-bond acceptors (Lipinski definition) is 4. The van der Waals surface area contributed by atoms with Gasteiger partial charge in [-0.1, -0.05) is 81.8 Å². The molecule has 4 rings (SSSR count). The number of aryl methyl sites for hydroxylation is 1. The lowest BCUT2D eigenvalue weighted by molar-refractivity contribution is 0.237. The first kappa shape index (κ1) is 33.2. The molecule has 1 fully saturated rings. The van der Waals surface area contributed by atoms with Crippen LogP contribution in [-0.4, -0.2) is 32.8 Å². The molecule has 0 amide bonds. The number of hydrogen-bond donors (Lipinski definition) is 2. The van der Waals surface area contributed by atoms with E-state index in [-0.39, 0.29) is 23.4 Å². The highest BCUT2D eigenvalue weighted by atomic mass is 32.2. The van der Waals surface area contributed by atoms with Crippen molar-refractivity contribution in [2.24, 2.45) is 0 Å². The lowest BCUT2D eigenvalue weighted by Crippen LogP contribution is -2.40. The minimum absolute atomic E-state index is 0.0353. The Hall–Kier alpha value is -2.96. The maximum absolute atomic E-state index is 13.1. The van der Waals surface area contributed by atoms with Crippen LogP contribution in [0.3, 0.4) is 0 Å². The Kier molecular flexibility index (Phi) is 14.1. The molecule has 0 saturated carbocycles. The number of aliphatic hydroxyl groups is 2. The first-order chi connectivity index (χ1) is 19.2. The largest absolute Gasteiger partial charge is 0.512 e. The number of benzene rings is 3. The van der Waals surface area contributed by atoms with Crippen molar-refractivity contribution in [3.8, 4) is 0 Å². The van der Waals surface area contributed by atoms with Gasteiger partial charge in [-0.15, -0.1) is 0 Å². The summed E-state index contributed by atoms with van der Waals surface area (Å²) in [6, 6.07) is 23.6. The highest BCUT2D eigenvalue weighted by Crippen LogP contribution is 2.37. The molecular weight excluding hydrogens is 521 g/mol. The van der Waals surface area contributed by atoms with Crippen LogP contribution >= 0.6 is 0 Å². The summed E-state index contributed by atoms with van der Waals surface area (Å²) < 4.78 is 25.3. The molecule has 1 aliphatic heterocycles. The van der Waals surface area contributed by atoms with Gasteiger partial charge in [0.2, 0.25) is 0 Å². The standard InChI is InChI=1S/C21H24FNO3S.C11H16.C2H6/c1-15(24)12-20(25)14-27(26)13-16-2-4-17(5-3-16)21-10-11-23(21)19-8-6-18(22)7-9-19;1-4-10(3)11-7-5-9(2)6-8-11;1-2/h2-9,12,15,21,24-25H,10-11,13-14H2,1H3;5-8,10H,4H2,1-3H3;1-2H3. The zero-order valence-electron chi connectivity index (χ0n) is 24.8. The molecule has 0 bridgehead atoms. The van der Waals surface area contributed by atoms with E-state index < -0.39 is 16.9 Å². The van der Waals surface area contributed by atoms with Crippen LogP contribution in [-0.2, 0) is 16.6 Å². The molecule has 40 heavy (non-hydrogen) atoms. The zero-order valence-corrected chi connectivity index (χ0v) is 25.6. The molecule has 3 aromatic rings. The Morgan fingerprint density at radius 3 is 2.12 bits per heavy atom. The number of nitrogens with zero attached hydrogens (tertiary/aromatic N) is 1. The molecule has 218 valence electrons. The Bertz CT molecular complexity index is 1190. The second-order valence-corrected chi connectivity index (χ2v) is 11.5. The van der Waals surface area contributed by atoms with E-state index in [2.05, 4.69) is 49.9 Å².